The predicted molar refractivity (Wildman–Crippen MR) is 72.7 cm³/mol. The molecule has 0 saturated heterocycles. The number of aromatic nitrogens is 3. The summed E-state index contributed by atoms with van der Waals surface area (Å²) in [4.78, 5) is 30.9. The van der Waals surface area contributed by atoms with Gasteiger partial charge in [-0.3, -0.25) is 14.6 Å². The zero-order valence-electron chi connectivity index (χ0n) is 10.8. The topological polar surface area (TPSA) is 88.9 Å². The number of anilines is 1. The number of nitrogens with zero attached hydrogens (tertiary/aromatic N) is 3. The van der Waals surface area contributed by atoms with Crippen LogP contribution in [0.3, 0.4) is 0 Å². The maximum Gasteiger partial charge on any atom is 0.313 e. The molecule has 0 spiro atoms. The van der Waals surface area contributed by atoms with Crippen molar-refractivity contribution in [2.45, 2.75) is 13.0 Å². The summed E-state index contributed by atoms with van der Waals surface area (Å²) >= 11 is 0. The molecule has 2 aromatic rings. The van der Waals surface area contributed by atoms with Crippen molar-refractivity contribution in [1.82, 2.24) is 19.9 Å². The molecule has 2 N–H and O–H groups in total. The van der Waals surface area contributed by atoms with E-state index < -0.39 is 11.8 Å². The van der Waals surface area contributed by atoms with Gasteiger partial charge in [0.05, 0.1) is 6.33 Å². The summed E-state index contributed by atoms with van der Waals surface area (Å²) in [6.07, 6.45) is 9.05. The Morgan fingerprint density at radius 1 is 1.10 bits per heavy atom. The molecule has 0 aliphatic rings. The average molecular weight is 273 g/mol. The van der Waals surface area contributed by atoms with E-state index in [1.807, 2.05) is 10.8 Å². The summed E-state index contributed by atoms with van der Waals surface area (Å²) in [7, 11) is 0. The normalized spacial score (nSPS) is 10.0. The molecule has 2 amide bonds. The van der Waals surface area contributed by atoms with Crippen LogP contribution in [0.2, 0.25) is 0 Å². The van der Waals surface area contributed by atoms with E-state index in [0.29, 0.717) is 12.2 Å². The van der Waals surface area contributed by atoms with Crippen LogP contribution in [-0.2, 0) is 16.1 Å². The molecule has 0 bridgehead atoms. The van der Waals surface area contributed by atoms with Gasteiger partial charge in [-0.05, 0) is 18.6 Å². The Hall–Kier alpha value is -2.70. The second-order valence-electron chi connectivity index (χ2n) is 4.10. The van der Waals surface area contributed by atoms with Crippen LogP contribution < -0.4 is 10.6 Å². The van der Waals surface area contributed by atoms with Crippen LogP contribution in [0.15, 0.2) is 43.2 Å². The third-order valence-electron chi connectivity index (χ3n) is 2.58. The van der Waals surface area contributed by atoms with Gasteiger partial charge in [0.2, 0.25) is 0 Å². The highest BCUT2D eigenvalue weighted by Gasteiger charge is 2.12. The molecule has 0 aliphatic heterocycles. The first-order chi connectivity index (χ1) is 9.75. The lowest BCUT2D eigenvalue weighted by Gasteiger charge is -2.06. The van der Waals surface area contributed by atoms with Crippen LogP contribution in [0.5, 0.6) is 0 Å². The largest absolute Gasteiger partial charge is 0.348 e. The second kappa shape index (κ2) is 7.03. The number of amides is 2. The molecule has 0 aromatic carbocycles. The van der Waals surface area contributed by atoms with Crippen molar-refractivity contribution in [2.75, 3.05) is 11.9 Å². The van der Waals surface area contributed by atoms with Crippen LogP contribution in [0.1, 0.15) is 6.42 Å². The zero-order valence-corrected chi connectivity index (χ0v) is 10.8. The summed E-state index contributed by atoms with van der Waals surface area (Å²) in [5, 5.41) is 5.05. The predicted octanol–water partition coefficient (Wildman–Crippen LogP) is 0.423. The van der Waals surface area contributed by atoms with E-state index >= 15 is 0 Å². The van der Waals surface area contributed by atoms with Crippen molar-refractivity contribution in [1.29, 1.82) is 0 Å². The van der Waals surface area contributed by atoms with Crippen LogP contribution in [0.4, 0.5) is 5.69 Å². The molecule has 0 saturated carbocycles. The molecule has 0 aliphatic carbocycles. The molecule has 0 fully saturated rings. The molecular weight excluding hydrogens is 258 g/mol. The van der Waals surface area contributed by atoms with Gasteiger partial charge in [-0.1, -0.05) is 0 Å². The summed E-state index contributed by atoms with van der Waals surface area (Å²) < 4.78 is 1.91. The molecule has 2 rings (SSSR count). The standard InChI is InChI=1S/C13H15N5O2/c19-12(13(20)17-11-2-5-14-6-3-11)16-4-1-8-18-9-7-15-10-18/h2-3,5-7,9-10H,1,4,8H2,(H,16,19)(H,14,17,20). The molecular formula is C13H15N5O2. The summed E-state index contributed by atoms with van der Waals surface area (Å²) in [6, 6.07) is 3.23. The lowest BCUT2D eigenvalue weighted by atomic mass is 10.3. The van der Waals surface area contributed by atoms with Gasteiger partial charge in [-0.2, -0.15) is 0 Å². The molecule has 0 unspecified atom stereocenters. The number of pyridine rings is 1. The van der Waals surface area contributed by atoms with Crippen molar-refractivity contribution in [3.63, 3.8) is 0 Å². The second-order valence-corrected chi connectivity index (χ2v) is 4.10. The van der Waals surface area contributed by atoms with Crippen molar-refractivity contribution >= 4 is 17.5 Å². The lowest BCUT2D eigenvalue weighted by molar-refractivity contribution is -0.136. The fourth-order valence-electron chi connectivity index (χ4n) is 1.59. The van der Waals surface area contributed by atoms with Gasteiger partial charge in [0.25, 0.3) is 0 Å². The van der Waals surface area contributed by atoms with E-state index in [0.717, 1.165) is 13.0 Å². The summed E-state index contributed by atoms with van der Waals surface area (Å²) in [5.74, 6) is -1.33. The molecule has 0 radical (unpaired) electrons. The van der Waals surface area contributed by atoms with E-state index in [2.05, 4.69) is 20.6 Å². The Bertz CT molecular complexity index is 553. The minimum atomic E-state index is -0.682. The van der Waals surface area contributed by atoms with E-state index in [1.165, 1.54) is 0 Å². The van der Waals surface area contributed by atoms with Gasteiger partial charge in [0, 0.05) is 43.6 Å². The van der Waals surface area contributed by atoms with Crippen molar-refractivity contribution in [2.24, 2.45) is 0 Å². The summed E-state index contributed by atoms with van der Waals surface area (Å²) in [6.45, 7) is 1.17. The Morgan fingerprint density at radius 3 is 2.60 bits per heavy atom. The van der Waals surface area contributed by atoms with Crippen LogP contribution >= 0.6 is 0 Å². The van der Waals surface area contributed by atoms with Gasteiger partial charge >= 0.3 is 11.8 Å². The highest BCUT2D eigenvalue weighted by Crippen LogP contribution is 2.02. The Kier molecular flexibility index (Phi) is 4.82. The number of imidazole rings is 1. The monoisotopic (exact) mass is 273 g/mol. The van der Waals surface area contributed by atoms with Crippen molar-refractivity contribution in [3.8, 4) is 0 Å². The highest BCUT2D eigenvalue weighted by molar-refractivity contribution is 6.39. The van der Waals surface area contributed by atoms with E-state index in [1.54, 1.807) is 37.1 Å². The van der Waals surface area contributed by atoms with Gasteiger partial charge in [-0.25, -0.2) is 4.98 Å². The zero-order chi connectivity index (χ0) is 14.2. The van der Waals surface area contributed by atoms with Gasteiger partial charge in [0.15, 0.2) is 0 Å². The van der Waals surface area contributed by atoms with E-state index in [4.69, 9.17) is 0 Å². The van der Waals surface area contributed by atoms with Crippen molar-refractivity contribution in [3.05, 3.63) is 43.2 Å². The SMILES string of the molecule is O=C(NCCCn1ccnc1)C(=O)Nc1ccncc1. The smallest absolute Gasteiger partial charge is 0.313 e. The number of carbonyl (C=O) groups excluding carboxylic acids is 2. The number of aryl methyl sites for hydroxylation is 1. The molecule has 2 aromatic heterocycles. The minimum Gasteiger partial charge on any atom is -0.348 e. The molecule has 2 heterocycles. The molecule has 7 nitrogen and oxygen atoms in total. The van der Waals surface area contributed by atoms with Crippen LogP contribution in [-0.4, -0.2) is 32.9 Å². The average Bonchev–Trinajstić information content (AvgIpc) is 2.97. The quantitative estimate of drug-likeness (QED) is 0.610. The Balaban J connectivity index is 1.68. The number of hydrogen-bond donors (Lipinski definition) is 2. The lowest BCUT2D eigenvalue weighted by Crippen LogP contribution is -2.36. The first-order valence-electron chi connectivity index (χ1n) is 6.20. The van der Waals surface area contributed by atoms with Gasteiger partial charge < -0.3 is 15.2 Å². The van der Waals surface area contributed by atoms with Crippen LogP contribution in [0.25, 0.3) is 0 Å². The highest BCUT2D eigenvalue weighted by atomic mass is 16.2. The van der Waals surface area contributed by atoms with E-state index in [9.17, 15) is 9.59 Å². The number of hydrogen-bond acceptors (Lipinski definition) is 4. The van der Waals surface area contributed by atoms with Crippen LogP contribution in [0, 0.1) is 0 Å². The maximum atomic E-state index is 11.6. The number of nitrogens with one attached hydrogen (secondary N) is 2. The van der Waals surface area contributed by atoms with Gasteiger partial charge in [-0.15, -0.1) is 0 Å². The Morgan fingerprint density at radius 2 is 1.90 bits per heavy atom. The molecule has 104 valence electrons. The maximum absolute atomic E-state index is 11.6. The van der Waals surface area contributed by atoms with E-state index in [-0.39, 0.29) is 0 Å². The van der Waals surface area contributed by atoms with Crippen molar-refractivity contribution < 1.29 is 9.59 Å². The van der Waals surface area contributed by atoms with Gasteiger partial charge in [0.1, 0.15) is 0 Å². The first-order valence-corrected chi connectivity index (χ1v) is 6.20. The summed E-state index contributed by atoms with van der Waals surface area (Å²) in [5.41, 5.74) is 0.540. The minimum absolute atomic E-state index is 0.431. The first kappa shape index (κ1) is 13.7. The fraction of sp³-hybridized carbons (Fsp3) is 0.231. The molecule has 0 atom stereocenters. The molecule has 20 heavy (non-hydrogen) atoms. The molecule has 7 heteroatoms. The fourth-order valence-corrected chi connectivity index (χ4v) is 1.59. The number of rotatable bonds is 5. The third kappa shape index (κ3) is 4.20. The third-order valence-corrected chi connectivity index (χ3v) is 2.58. The number of carbonyl (C=O) groups is 2. The Labute approximate surface area is 116 Å².